The lowest BCUT2D eigenvalue weighted by Gasteiger charge is -2.18. The molecule has 0 aliphatic rings. The number of nitrogens with zero attached hydrogens (tertiary/aromatic N) is 2. The van der Waals surface area contributed by atoms with Gasteiger partial charge >= 0.3 is 11.9 Å². The van der Waals surface area contributed by atoms with Crippen molar-refractivity contribution in [2.24, 2.45) is 0 Å². The number of carboxylic acids is 2. The number of ether oxygens (including phenoxy) is 4. The van der Waals surface area contributed by atoms with Crippen LogP contribution in [0.25, 0.3) is 11.1 Å². The van der Waals surface area contributed by atoms with Crippen LogP contribution in [0.2, 0.25) is 10.0 Å². The third-order valence-corrected chi connectivity index (χ3v) is 10.6. The fourth-order valence-corrected chi connectivity index (χ4v) is 7.22. The van der Waals surface area contributed by atoms with E-state index in [1.54, 1.807) is 60.7 Å². The number of carbonyl (C=O) groups is 2. The number of benzene rings is 4. The third kappa shape index (κ3) is 10.3. The van der Waals surface area contributed by atoms with Crippen LogP contribution >= 0.6 is 23.2 Å². The summed E-state index contributed by atoms with van der Waals surface area (Å²) in [6.45, 7) is 4.67. The van der Waals surface area contributed by atoms with E-state index in [2.05, 4.69) is 20.6 Å². The smallest absolute Gasteiger partial charge is 0.325 e. The number of aliphatic carboxylic acids is 2. The van der Waals surface area contributed by atoms with Crippen LogP contribution < -0.4 is 29.6 Å². The molecule has 0 fully saturated rings. The second-order valence-corrected chi connectivity index (χ2v) is 14.6. The number of rotatable bonds is 19. The second kappa shape index (κ2) is 20.2. The van der Waals surface area contributed by atoms with Crippen LogP contribution in [0.1, 0.15) is 56.6 Å². The summed E-state index contributed by atoms with van der Waals surface area (Å²) in [5, 5.41) is 26.3. The van der Waals surface area contributed by atoms with Crippen LogP contribution in [0.4, 0.5) is 0 Å². The van der Waals surface area contributed by atoms with Gasteiger partial charge in [0.05, 0.1) is 14.2 Å². The zero-order valence-electron chi connectivity index (χ0n) is 33.4. The van der Waals surface area contributed by atoms with Crippen LogP contribution in [0.5, 0.6) is 23.5 Å². The molecule has 0 spiro atoms. The Labute approximate surface area is 358 Å². The van der Waals surface area contributed by atoms with Crippen LogP contribution in [0, 0.1) is 13.8 Å². The van der Waals surface area contributed by atoms with Crippen molar-refractivity contribution in [3.8, 4) is 34.6 Å². The molecule has 2 atom stereocenters. The fourth-order valence-electron chi connectivity index (χ4n) is 6.76. The summed E-state index contributed by atoms with van der Waals surface area (Å²) >= 11 is 13.3. The van der Waals surface area contributed by atoms with Crippen molar-refractivity contribution in [2.45, 2.75) is 52.2 Å². The van der Waals surface area contributed by atoms with Crippen molar-refractivity contribution < 1.29 is 38.7 Å². The van der Waals surface area contributed by atoms with Crippen LogP contribution in [-0.2, 0) is 35.9 Å². The first kappa shape index (κ1) is 43.4. The fraction of sp³-hybridized carbons (Fsp3) is 0.217. The van der Waals surface area contributed by atoms with E-state index in [9.17, 15) is 19.8 Å². The van der Waals surface area contributed by atoms with E-state index in [1.807, 2.05) is 62.4 Å². The summed E-state index contributed by atoms with van der Waals surface area (Å²) in [4.78, 5) is 33.0. The van der Waals surface area contributed by atoms with Crippen molar-refractivity contribution in [3.05, 3.63) is 164 Å². The van der Waals surface area contributed by atoms with Gasteiger partial charge in [-0.2, -0.15) is 9.97 Å². The Morgan fingerprint density at radius 2 is 0.950 bits per heavy atom. The van der Waals surface area contributed by atoms with Crippen molar-refractivity contribution >= 4 is 35.1 Å². The summed E-state index contributed by atoms with van der Waals surface area (Å²) in [5.41, 5.74) is 8.22. The number of hydrogen-bond acceptors (Lipinski definition) is 10. The molecule has 2 heterocycles. The quantitative estimate of drug-likeness (QED) is 0.0613. The maximum absolute atomic E-state index is 12.0. The number of aromatic nitrogens is 2. The molecular weight excluding hydrogens is 807 g/mol. The molecule has 0 radical (unpaired) electrons. The zero-order chi connectivity index (χ0) is 42.8. The van der Waals surface area contributed by atoms with Crippen molar-refractivity contribution in [2.75, 3.05) is 14.2 Å². The summed E-state index contributed by atoms with van der Waals surface area (Å²) in [6, 6.07) is 31.2. The number of halogens is 2. The average Bonchev–Trinajstić information content (AvgIpc) is 3.24. The molecule has 0 saturated carbocycles. The van der Waals surface area contributed by atoms with Crippen LogP contribution in [0.3, 0.4) is 0 Å². The highest BCUT2D eigenvalue weighted by atomic mass is 35.5. The van der Waals surface area contributed by atoms with Gasteiger partial charge < -0.3 is 29.2 Å². The first-order valence-electron chi connectivity index (χ1n) is 18.9. The molecule has 310 valence electrons. The topological polar surface area (TPSA) is 161 Å². The van der Waals surface area contributed by atoms with Gasteiger partial charge in [0.25, 0.3) is 0 Å². The normalized spacial score (nSPS) is 12.0. The molecule has 6 rings (SSSR count). The van der Waals surface area contributed by atoms with Crippen molar-refractivity contribution in [1.82, 2.24) is 20.6 Å². The lowest BCUT2D eigenvalue weighted by atomic mass is 9.92. The van der Waals surface area contributed by atoms with Gasteiger partial charge in [-0.25, -0.2) is 0 Å². The lowest BCUT2D eigenvalue weighted by Crippen LogP contribution is -2.28. The molecule has 6 aromatic rings. The summed E-state index contributed by atoms with van der Waals surface area (Å²) in [6.07, 6.45) is 0. The highest BCUT2D eigenvalue weighted by molar-refractivity contribution is 6.32. The Kier molecular flexibility index (Phi) is 14.6. The van der Waals surface area contributed by atoms with Gasteiger partial charge in [0.1, 0.15) is 35.3 Å². The Morgan fingerprint density at radius 1 is 0.567 bits per heavy atom. The number of nitrogens with one attached hydrogen (secondary N) is 2. The van der Waals surface area contributed by atoms with Crippen molar-refractivity contribution in [3.63, 3.8) is 0 Å². The Balaban J connectivity index is 1.13. The average molecular weight is 852 g/mol. The van der Waals surface area contributed by atoms with E-state index < -0.39 is 24.0 Å². The van der Waals surface area contributed by atoms with E-state index in [1.165, 1.54) is 14.2 Å². The molecule has 4 N–H and O–H groups in total. The first-order chi connectivity index (χ1) is 29.0. The Morgan fingerprint density at radius 3 is 1.30 bits per heavy atom. The summed E-state index contributed by atoms with van der Waals surface area (Å²) < 4.78 is 23.4. The number of carboxylic acid groups (broad SMARTS) is 2. The SMILES string of the molecule is COc1nc(OCc2cccc(-c3cccc(COc4nc(OC)c(CNC(C(=O)O)c5ccccc5)cc4Cl)c3C)c2C)c(Cl)cc1CNC(C(=O)O)c1ccccc1. The molecule has 2 aromatic heterocycles. The minimum Gasteiger partial charge on any atom is -0.481 e. The van der Waals surface area contributed by atoms with E-state index in [0.29, 0.717) is 22.3 Å². The Hall–Kier alpha value is -6.18. The van der Waals surface area contributed by atoms with E-state index in [-0.39, 0.29) is 59.9 Å². The molecule has 0 bridgehead atoms. The highest BCUT2D eigenvalue weighted by Gasteiger charge is 2.23. The van der Waals surface area contributed by atoms with Crippen LogP contribution in [0.15, 0.2) is 109 Å². The number of pyridine rings is 2. The molecule has 2 unspecified atom stereocenters. The standard InChI is InChI=1S/C46H44Cl2N4O8/c1-27-31(25-59-43-37(47)21-33(41(51-43)57-3)23-49-39(45(53)54)29-13-7-5-8-14-29)17-11-19-35(27)36-20-12-18-32(28(36)2)26-60-44-38(48)22-34(42(52-44)58-4)24-50-40(46(55)56)30-15-9-6-10-16-30/h5-22,39-40,49-50H,23-26H2,1-4H3,(H,53,54)(H,55,56). The molecule has 4 aromatic carbocycles. The monoisotopic (exact) mass is 850 g/mol. The van der Waals surface area contributed by atoms with E-state index >= 15 is 0 Å². The summed E-state index contributed by atoms with van der Waals surface area (Å²) in [5.74, 6) is -1.15. The lowest BCUT2D eigenvalue weighted by molar-refractivity contribution is -0.140. The van der Waals surface area contributed by atoms with Gasteiger partial charge in [0.15, 0.2) is 0 Å². The highest BCUT2D eigenvalue weighted by Crippen LogP contribution is 2.35. The molecule has 60 heavy (non-hydrogen) atoms. The van der Waals surface area contributed by atoms with Gasteiger partial charge in [0.2, 0.25) is 23.5 Å². The van der Waals surface area contributed by atoms with E-state index in [0.717, 1.165) is 33.4 Å². The molecule has 0 aliphatic carbocycles. The largest absolute Gasteiger partial charge is 0.481 e. The van der Waals surface area contributed by atoms with Crippen LogP contribution in [-0.4, -0.2) is 46.3 Å². The molecule has 14 heteroatoms. The van der Waals surface area contributed by atoms with Gasteiger partial charge in [-0.15, -0.1) is 0 Å². The Bertz CT molecular complexity index is 2280. The summed E-state index contributed by atoms with van der Waals surface area (Å²) in [7, 11) is 2.96. The molecular formula is C46H44Cl2N4O8. The van der Waals surface area contributed by atoms with Crippen molar-refractivity contribution in [1.29, 1.82) is 0 Å². The number of methoxy groups -OCH3 is 2. The minimum absolute atomic E-state index is 0.139. The molecule has 12 nitrogen and oxygen atoms in total. The maximum Gasteiger partial charge on any atom is 0.325 e. The van der Waals surface area contributed by atoms with Gasteiger partial charge in [-0.1, -0.05) is 120 Å². The first-order valence-corrected chi connectivity index (χ1v) is 19.7. The zero-order valence-corrected chi connectivity index (χ0v) is 34.9. The van der Waals surface area contributed by atoms with Gasteiger partial charge in [0, 0.05) is 24.2 Å². The second-order valence-electron chi connectivity index (χ2n) is 13.8. The minimum atomic E-state index is -1.01. The molecule has 0 amide bonds. The predicted octanol–water partition coefficient (Wildman–Crippen LogP) is 9.07. The van der Waals surface area contributed by atoms with E-state index in [4.69, 9.17) is 42.1 Å². The van der Waals surface area contributed by atoms with Gasteiger partial charge in [-0.3, -0.25) is 20.2 Å². The molecule has 0 saturated heterocycles. The van der Waals surface area contributed by atoms with Gasteiger partial charge in [-0.05, 0) is 70.5 Å². The maximum atomic E-state index is 12.0. The number of hydrogen-bond donors (Lipinski definition) is 4. The predicted molar refractivity (Wildman–Crippen MR) is 229 cm³/mol. The third-order valence-electron chi connectivity index (χ3n) is 10.0. The molecule has 0 aliphatic heterocycles.